The zero-order chi connectivity index (χ0) is 17.9. The first-order chi connectivity index (χ1) is 11.3. The van der Waals surface area contributed by atoms with Gasteiger partial charge >= 0.3 is 0 Å². The molecule has 7 nitrogen and oxygen atoms in total. The van der Waals surface area contributed by atoms with Crippen LogP contribution in [-0.2, 0) is 11.8 Å². The molecule has 0 saturated carbocycles. The molecular formula is C17H25N5O2. The third kappa shape index (κ3) is 3.90. The Labute approximate surface area is 141 Å². The van der Waals surface area contributed by atoms with Crippen LogP contribution in [0.1, 0.15) is 54.9 Å². The highest BCUT2D eigenvalue weighted by Gasteiger charge is 2.19. The van der Waals surface area contributed by atoms with Crippen LogP contribution < -0.4 is 10.6 Å². The zero-order valence-electron chi connectivity index (χ0n) is 14.9. The topological polar surface area (TPSA) is 88.9 Å². The van der Waals surface area contributed by atoms with Crippen LogP contribution in [0, 0.1) is 6.92 Å². The van der Waals surface area contributed by atoms with Crippen molar-refractivity contribution in [3.8, 4) is 0 Å². The molecule has 2 N–H and O–H groups in total. The van der Waals surface area contributed by atoms with Gasteiger partial charge in [-0.05, 0) is 25.3 Å². The summed E-state index contributed by atoms with van der Waals surface area (Å²) >= 11 is 0. The largest absolute Gasteiger partial charge is 0.356 e. The fourth-order valence-corrected chi connectivity index (χ4v) is 2.59. The highest BCUT2D eigenvalue weighted by Crippen LogP contribution is 2.24. The third-order valence-electron chi connectivity index (χ3n) is 3.84. The Morgan fingerprint density at radius 1 is 1.25 bits per heavy atom. The minimum atomic E-state index is -0.136. The lowest BCUT2D eigenvalue weighted by atomic mass is 10.0. The number of carbonyl (C=O) groups is 2. The fraction of sp³-hybridized carbons (Fsp3) is 0.529. The number of hydrogen-bond acceptors (Lipinski definition) is 4. The number of nitrogens with zero attached hydrogens (tertiary/aromatic N) is 3. The zero-order valence-corrected chi connectivity index (χ0v) is 14.9. The SMILES string of the molecule is CC(=O)NCCCNC(=O)c1cc(C(C)C)nc2c1c(C)nn2C. The van der Waals surface area contributed by atoms with E-state index in [-0.39, 0.29) is 17.7 Å². The van der Waals surface area contributed by atoms with Crippen LogP contribution >= 0.6 is 0 Å². The number of carbonyl (C=O) groups excluding carboxylic acids is 2. The van der Waals surface area contributed by atoms with E-state index in [4.69, 9.17) is 0 Å². The lowest BCUT2D eigenvalue weighted by Crippen LogP contribution is -2.29. The second kappa shape index (κ2) is 7.42. The van der Waals surface area contributed by atoms with Crippen LogP contribution in [0.3, 0.4) is 0 Å². The van der Waals surface area contributed by atoms with E-state index < -0.39 is 0 Å². The second-order valence-electron chi connectivity index (χ2n) is 6.25. The van der Waals surface area contributed by atoms with E-state index >= 15 is 0 Å². The molecule has 0 atom stereocenters. The van der Waals surface area contributed by atoms with E-state index in [1.165, 1.54) is 6.92 Å². The normalized spacial score (nSPS) is 11.1. The minimum Gasteiger partial charge on any atom is -0.356 e. The standard InChI is InChI=1S/C17H25N5O2/c1-10(2)14-9-13(15-11(3)21-22(5)16(15)20-14)17(24)19-8-6-7-18-12(4)23/h9-10H,6-8H2,1-5H3,(H,18,23)(H,19,24). The molecule has 0 aliphatic rings. The van der Waals surface area contributed by atoms with E-state index in [1.807, 2.05) is 33.9 Å². The molecule has 0 bridgehead atoms. The summed E-state index contributed by atoms with van der Waals surface area (Å²) in [5.74, 6) is 0.0175. The van der Waals surface area contributed by atoms with Gasteiger partial charge in [-0.15, -0.1) is 0 Å². The number of aromatic nitrogens is 3. The maximum absolute atomic E-state index is 12.6. The van der Waals surface area contributed by atoms with Gasteiger partial charge < -0.3 is 10.6 Å². The molecule has 0 fully saturated rings. The number of fused-ring (bicyclic) bond motifs is 1. The van der Waals surface area contributed by atoms with Gasteiger partial charge in [0.25, 0.3) is 5.91 Å². The molecule has 0 unspecified atom stereocenters. The Bertz CT molecular complexity index is 764. The summed E-state index contributed by atoms with van der Waals surface area (Å²) in [6, 6.07) is 1.85. The van der Waals surface area contributed by atoms with Crippen molar-refractivity contribution in [2.45, 2.75) is 40.0 Å². The second-order valence-corrected chi connectivity index (χ2v) is 6.25. The van der Waals surface area contributed by atoms with Gasteiger partial charge in [-0.3, -0.25) is 14.3 Å². The predicted molar refractivity (Wildman–Crippen MR) is 93.0 cm³/mol. The monoisotopic (exact) mass is 331 g/mol. The molecule has 2 heterocycles. The van der Waals surface area contributed by atoms with Crippen molar-refractivity contribution in [2.75, 3.05) is 13.1 Å². The maximum Gasteiger partial charge on any atom is 0.252 e. The van der Waals surface area contributed by atoms with Crippen LogP contribution in [0.15, 0.2) is 6.07 Å². The highest BCUT2D eigenvalue weighted by molar-refractivity contribution is 6.06. The van der Waals surface area contributed by atoms with Gasteiger partial charge in [-0.1, -0.05) is 13.8 Å². The van der Waals surface area contributed by atoms with Crippen molar-refractivity contribution in [1.29, 1.82) is 0 Å². The van der Waals surface area contributed by atoms with Gasteiger partial charge in [0.05, 0.1) is 16.6 Å². The van der Waals surface area contributed by atoms with E-state index in [2.05, 4.69) is 20.7 Å². The average Bonchev–Trinajstić information content (AvgIpc) is 2.80. The van der Waals surface area contributed by atoms with Gasteiger partial charge in [-0.2, -0.15) is 5.10 Å². The van der Waals surface area contributed by atoms with E-state index in [0.717, 1.165) is 22.4 Å². The van der Waals surface area contributed by atoms with Crippen molar-refractivity contribution in [2.24, 2.45) is 7.05 Å². The van der Waals surface area contributed by atoms with Gasteiger partial charge in [-0.25, -0.2) is 4.98 Å². The Hall–Kier alpha value is -2.44. The number of pyridine rings is 1. The number of nitrogens with one attached hydrogen (secondary N) is 2. The summed E-state index contributed by atoms with van der Waals surface area (Å²) < 4.78 is 1.71. The summed E-state index contributed by atoms with van der Waals surface area (Å²) in [5, 5.41) is 10.8. The number of amides is 2. The number of aryl methyl sites for hydroxylation is 2. The molecular weight excluding hydrogens is 306 g/mol. The van der Waals surface area contributed by atoms with Crippen LogP contribution in [0.4, 0.5) is 0 Å². The molecule has 130 valence electrons. The van der Waals surface area contributed by atoms with Gasteiger partial charge in [0.1, 0.15) is 0 Å². The van der Waals surface area contributed by atoms with Crippen molar-refractivity contribution in [3.05, 3.63) is 23.0 Å². The van der Waals surface area contributed by atoms with Crippen LogP contribution in [-0.4, -0.2) is 39.7 Å². The summed E-state index contributed by atoms with van der Waals surface area (Å²) in [5.41, 5.74) is 2.99. The first-order valence-electron chi connectivity index (χ1n) is 8.18. The summed E-state index contributed by atoms with van der Waals surface area (Å²) in [6.45, 7) is 8.50. The summed E-state index contributed by atoms with van der Waals surface area (Å²) in [7, 11) is 1.83. The van der Waals surface area contributed by atoms with Gasteiger partial charge in [0, 0.05) is 32.8 Å². The molecule has 2 rings (SSSR count). The molecule has 7 heteroatoms. The molecule has 24 heavy (non-hydrogen) atoms. The summed E-state index contributed by atoms with van der Waals surface area (Å²) in [6.07, 6.45) is 0.683. The van der Waals surface area contributed by atoms with Crippen LogP contribution in [0.5, 0.6) is 0 Å². The van der Waals surface area contributed by atoms with Crippen molar-refractivity contribution < 1.29 is 9.59 Å². The summed E-state index contributed by atoms with van der Waals surface area (Å²) in [4.78, 5) is 28.1. The average molecular weight is 331 g/mol. The van der Waals surface area contributed by atoms with Crippen molar-refractivity contribution in [1.82, 2.24) is 25.4 Å². The molecule has 2 amide bonds. The molecule has 2 aromatic rings. The molecule has 0 saturated heterocycles. The van der Waals surface area contributed by atoms with E-state index in [0.29, 0.717) is 25.1 Å². The van der Waals surface area contributed by atoms with E-state index in [1.54, 1.807) is 4.68 Å². The fourth-order valence-electron chi connectivity index (χ4n) is 2.59. The Morgan fingerprint density at radius 3 is 2.54 bits per heavy atom. The van der Waals surface area contributed by atoms with Crippen LogP contribution in [0.25, 0.3) is 11.0 Å². The van der Waals surface area contributed by atoms with E-state index in [9.17, 15) is 9.59 Å². The van der Waals surface area contributed by atoms with Crippen molar-refractivity contribution >= 4 is 22.8 Å². The molecule has 0 radical (unpaired) electrons. The first-order valence-corrected chi connectivity index (χ1v) is 8.18. The Balaban J connectivity index is 2.23. The Kier molecular flexibility index (Phi) is 5.54. The number of rotatable bonds is 6. The molecule has 0 spiro atoms. The molecule has 2 aromatic heterocycles. The minimum absolute atomic E-state index is 0.0651. The third-order valence-corrected chi connectivity index (χ3v) is 3.84. The quantitative estimate of drug-likeness (QED) is 0.788. The van der Waals surface area contributed by atoms with Gasteiger partial charge in [0.2, 0.25) is 5.91 Å². The highest BCUT2D eigenvalue weighted by atomic mass is 16.2. The number of hydrogen-bond donors (Lipinski definition) is 2. The maximum atomic E-state index is 12.6. The Morgan fingerprint density at radius 2 is 1.92 bits per heavy atom. The predicted octanol–water partition coefficient (Wildman–Crippen LogP) is 1.66. The first kappa shape index (κ1) is 17.9. The lowest BCUT2D eigenvalue weighted by molar-refractivity contribution is -0.118. The van der Waals surface area contributed by atoms with Crippen LogP contribution in [0.2, 0.25) is 0 Å². The molecule has 0 aliphatic heterocycles. The molecule has 0 aromatic carbocycles. The van der Waals surface area contributed by atoms with Gasteiger partial charge in [0.15, 0.2) is 5.65 Å². The smallest absolute Gasteiger partial charge is 0.252 e. The molecule has 0 aliphatic carbocycles. The lowest BCUT2D eigenvalue weighted by Gasteiger charge is -2.11. The van der Waals surface area contributed by atoms with Crippen molar-refractivity contribution in [3.63, 3.8) is 0 Å².